The summed E-state index contributed by atoms with van der Waals surface area (Å²) in [5, 5.41) is 5.90. The molecule has 0 aromatic heterocycles. The number of methoxy groups -OCH3 is 2. The van der Waals surface area contributed by atoms with Gasteiger partial charge in [-0.1, -0.05) is 49.2 Å². The van der Waals surface area contributed by atoms with Crippen LogP contribution >= 0.6 is 0 Å². The van der Waals surface area contributed by atoms with Crippen molar-refractivity contribution >= 4 is 6.03 Å². The van der Waals surface area contributed by atoms with Crippen LogP contribution in [0.5, 0.6) is 11.5 Å². The van der Waals surface area contributed by atoms with Crippen LogP contribution in [0.25, 0.3) is 0 Å². The number of ether oxygens (including phenoxy) is 2. The summed E-state index contributed by atoms with van der Waals surface area (Å²) in [6.07, 6.45) is -1.16. The van der Waals surface area contributed by atoms with Gasteiger partial charge in [-0.25, -0.2) is 9.18 Å². The fraction of sp³-hybridized carbons (Fsp3) is 0.345. The molecule has 9 heteroatoms. The van der Waals surface area contributed by atoms with Crippen molar-refractivity contribution in [1.82, 2.24) is 10.6 Å². The first kappa shape index (κ1) is 27.3. The molecular formula is C29H30F4N2O3. The van der Waals surface area contributed by atoms with Crippen molar-refractivity contribution in [2.24, 2.45) is 0 Å². The molecule has 202 valence electrons. The number of carbonyl (C=O) groups excluding carboxylic acids is 1. The van der Waals surface area contributed by atoms with Crippen LogP contribution in [-0.4, -0.2) is 26.3 Å². The maximum atomic E-state index is 14.8. The second kappa shape index (κ2) is 11.3. The Balaban J connectivity index is 1.94. The van der Waals surface area contributed by atoms with Crippen LogP contribution in [0.2, 0.25) is 0 Å². The highest BCUT2D eigenvalue weighted by Gasteiger charge is 2.40. The van der Waals surface area contributed by atoms with Crippen LogP contribution in [-0.2, 0) is 18.1 Å². The highest BCUT2D eigenvalue weighted by Crippen LogP contribution is 2.41. The normalized spacial score (nSPS) is 15.5. The number of amides is 2. The van der Waals surface area contributed by atoms with Gasteiger partial charge < -0.3 is 20.1 Å². The van der Waals surface area contributed by atoms with E-state index in [0.29, 0.717) is 23.1 Å². The quantitative estimate of drug-likeness (QED) is 0.323. The van der Waals surface area contributed by atoms with Crippen molar-refractivity contribution in [2.45, 2.75) is 49.9 Å². The van der Waals surface area contributed by atoms with E-state index in [1.165, 1.54) is 14.2 Å². The number of urea groups is 1. The molecule has 0 bridgehead atoms. The minimum absolute atomic E-state index is 0.0438. The first-order valence-corrected chi connectivity index (χ1v) is 12.4. The number of halogens is 4. The van der Waals surface area contributed by atoms with Crippen molar-refractivity contribution in [3.8, 4) is 11.5 Å². The Bertz CT molecular complexity index is 1260. The van der Waals surface area contributed by atoms with E-state index in [-0.39, 0.29) is 18.0 Å². The predicted octanol–water partition coefficient (Wildman–Crippen LogP) is 6.59. The fourth-order valence-corrected chi connectivity index (χ4v) is 5.05. The molecule has 5 nitrogen and oxygen atoms in total. The van der Waals surface area contributed by atoms with Crippen molar-refractivity contribution in [3.63, 3.8) is 0 Å². The molecule has 1 atom stereocenters. The standard InChI is InChI=1S/C29H30F4N2O3/c1-37-25-13-12-20(17-26(25)38-2)28(18-19-8-4-3-5-9-19,35-27(36)34-24-10-6-7-11-24)21-14-22(29(31,32)33)16-23(30)15-21/h3-5,8-9,12-17,24H,6-7,10-11,18H2,1-2H3,(H2,34,35,36)/t28-/m0/s1. The van der Waals surface area contributed by atoms with Crippen LogP contribution in [0.15, 0.2) is 66.7 Å². The highest BCUT2D eigenvalue weighted by molar-refractivity contribution is 5.76. The van der Waals surface area contributed by atoms with Crippen molar-refractivity contribution in [2.75, 3.05) is 14.2 Å². The molecule has 2 amide bonds. The van der Waals surface area contributed by atoms with Crippen molar-refractivity contribution in [3.05, 3.63) is 94.8 Å². The SMILES string of the molecule is COc1ccc([C@](Cc2ccccc2)(NC(=O)NC2CCCC2)c2cc(F)cc(C(F)(F)F)c2)cc1OC. The maximum Gasteiger partial charge on any atom is 0.416 e. The van der Waals surface area contributed by atoms with Gasteiger partial charge in [0.1, 0.15) is 5.82 Å². The smallest absolute Gasteiger partial charge is 0.416 e. The topological polar surface area (TPSA) is 59.6 Å². The van der Waals surface area contributed by atoms with Gasteiger partial charge in [-0.3, -0.25) is 0 Å². The van der Waals surface area contributed by atoms with E-state index in [1.807, 2.05) is 6.07 Å². The minimum atomic E-state index is -4.79. The lowest BCUT2D eigenvalue weighted by Crippen LogP contribution is -2.53. The summed E-state index contributed by atoms with van der Waals surface area (Å²) in [6, 6.07) is 15.6. The van der Waals surface area contributed by atoms with Gasteiger partial charge in [0.05, 0.1) is 25.3 Å². The summed E-state index contributed by atoms with van der Waals surface area (Å²) in [5.41, 5.74) is -1.67. The van der Waals surface area contributed by atoms with Gasteiger partial charge in [-0.2, -0.15) is 13.2 Å². The number of nitrogens with one attached hydrogen (secondary N) is 2. The lowest BCUT2D eigenvalue weighted by molar-refractivity contribution is -0.137. The molecule has 1 saturated carbocycles. The van der Waals surface area contributed by atoms with Gasteiger partial charge in [0, 0.05) is 12.5 Å². The molecule has 0 spiro atoms. The van der Waals surface area contributed by atoms with Crippen LogP contribution < -0.4 is 20.1 Å². The molecule has 3 aromatic carbocycles. The zero-order chi connectivity index (χ0) is 27.3. The summed E-state index contributed by atoms with van der Waals surface area (Å²) in [6.45, 7) is 0. The molecule has 3 aromatic rings. The van der Waals surface area contributed by atoms with Crippen molar-refractivity contribution in [1.29, 1.82) is 0 Å². The molecule has 1 aliphatic carbocycles. The Morgan fingerprint density at radius 2 is 1.53 bits per heavy atom. The molecule has 0 heterocycles. The number of benzene rings is 3. The second-order valence-electron chi connectivity index (χ2n) is 9.44. The van der Waals surface area contributed by atoms with Gasteiger partial charge in [0.25, 0.3) is 0 Å². The van der Waals surface area contributed by atoms with Crippen LogP contribution in [0, 0.1) is 5.82 Å². The Labute approximate surface area is 219 Å². The molecule has 0 aliphatic heterocycles. The van der Waals surface area contributed by atoms with E-state index >= 15 is 0 Å². The summed E-state index contributed by atoms with van der Waals surface area (Å²) in [7, 11) is 2.90. The van der Waals surface area contributed by atoms with Gasteiger partial charge in [-0.05, 0) is 59.9 Å². The highest BCUT2D eigenvalue weighted by atomic mass is 19.4. The first-order chi connectivity index (χ1) is 18.1. The van der Waals surface area contributed by atoms with E-state index in [0.717, 1.165) is 43.4 Å². The summed E-state index contributed by atoms with van der Waals surface area (Å²) in [5.74, 6) is -0.353. The number of rotatable bonds is 8. The zero-order valence-corrected chi connectivity index (χ0v) is 21.2. The average molecular weight is 531 g/mol. The Kier molecular flexibility index (Phi) is 8.14. The molecule has 0 unspecified atom stereocenters. The maximum absolute atomic E-state index is 14.8. The average Bonchev–Trinajstić information content (AvgIpc) is 3.40. The third-order valence-corrected chi connectivity index (χ3v) is 6.92. The number of hydrogen-bond donors (Lipinski definition) is 2. The third-order valence-electron chi connectivity index (χ3n) is 6.92. The molecule has 4 rings (SSSR count). The predicted molar refractivity (Wildman–Crippen MR) is 136 cm³/mol. The van der Waals surface area contributed by atoms with E-state index < -0.39 is 29.1 Å². The van der Waals surface area contributed by atoms with Crippen LogP contribution in [0.3, 0.4) is 0 Å². The summed E-state index contributed by atoms with van der Waals surface area (Å²) < 4.78 is 67.1. The number of hydrogen-bond acceptors (Lipinski definition) is 3. The van der Waals surface area contributed by atoms with E-state index in [1.54, 1.807) is 42.5 Å². The number of alkyl halides is 3. The molecule has 2 N–H and O–H groups in total. The largest absolute Gasteiger partial charge is 0.493 e. The third kappa shape index (κ3) is 6.03. The van der Waals surface area contributed by atoms with Gasteiger partial charge in [0.15, 0.2) is 11.5 Å². The first-order valence-electron chi connectivity index (χ1n) is 12.4. The molecule has 0 radical (unpaired) electrons. The zero-order valence-electron chi connectivity index (χ0n) is 21.2. The van der Waals surface area contributed by atoms with E-state index in [4.69, 9.17) is 9.47 Å². The number of carbonyl (C=O) groups is 1. The Morgan fingerprint density at radius 1 is 0.868 bits per heavy atom. The Morgan fingerprint density at radius 3 is 2.16 bits per heavy atom. The lowest BCUT2D eigenvalue weighted by Gasteiger charge is -2.37. The van der Waals surface area contributed by atoms with Crippen LogP contribution in [0.4, 0.5) is 22.4 Å². The minimum Gasteiger partial charge on any atom is -0.493 e. The van der Waals surface area contributed by atoms with Gasteiger partial charge in [-0.15, -0.1) is 0 Å². The second-order valence-corrected chi connectivity index (χ2v) is 9.44. The monoisotopic (exact) mass is 530 g/mol. The fourth-order valence-electron chi connectivity index (χ4n) is 5.05. The van der Waals surface area contributed by atoms with Crippen LogP contribution in [0.1, 0.15) is 47.9 Å². The van der Waals surface area contributed by atoms with Crippen molar-refractivity contribution < 1.29 is 31.8 Å². The van der Waals surface area contributed by atoms with E-state index in [2.05, 4.69) is 10.6 Å². The van der Waals surface area contributed by atoms with Gasteiger partial charge >= 0.3 is 12.2 Å². The van der Waals surface area contributed by atoms with Gasteiger partial charge in [0.2, 0.25) is 0 Å². The lowest BCUT2D eigenvalue weighted by atomic mass is 9.77. The van der Waals surface area contributed by atoms with E-state index in [9.17, 15) is 22.4 Å². The summed E-state index contributed by atoms with van der Waals surface area (Å²) in [4.78, 5) is 13.4. The molecule has 1 fully saturated rings. The molecule has 1 aliphatic rings. The summed E-state index contributed by atoms with van der Waals surface area (Å²) >= 11 is 0. The Hall–Kier alpha value is -3.75. The molecule has 0 saturated heterocycles. The molecular weight excluding hydrogens is 500 g/mol. The molecule has 38 heavy (non-hydrogen) atoms.